The zero-order valence-corrected chi connectivity index (χ0v) is 11.8. The van der Waals surface area contributed by atoms with Gasteiger partial charge < -0.3 is 25.8 Å². The Morgan fingerprint density at radius 2 is 2.05 bits per heavy atom. The Bertz CT molecular complexity index is 559. The van der Waals surface area contributed by atoms with Crippen molar-refractivity contribution in [1.29, 1.82) is 0 Å². The van der Waals surface area contributed by atoms with E-state index in [9.17, 15) is 14.4 Å². The number of anilines is 1. The molecule has 0 bridgehead atoms. The molecule has 0 saturated heterocycles. The molecule has 4 N–H and O–H groups in total. The number of urea groups is 1. The van der Waals surface area contributed by atoms with Crippen molar-refractivity contribution in [3.8, 4) is 5.75 Å². The van der Waals surface area contributed by atoms with Crippen molar-refractivity contribution in [3.05, 3.63) is 23.8 Å². The molecule has 0 radical (unpaired) electrons. The van der Waals surface area contributed by atoms with E-state index in [0.717, 1.165) is 4.90 Å². The Morgan fingerprint density at radius 3 is 2.52 bits per heavy atom. The molecule has 1 rings (SSSR count). The highest BCUT2D eigenvalue weighted by Gasteiger charge is 2.18. The summed E-state index contributed by atoms with van der Waals surface area (Å²) >= 11 is 0. The third-order valence-electron chi connectivity index (χ3n) is 2.71. The number of carbonyl (C=O) groups is 3. The summed E-state index contributed by atoms with van der Waals surface area (Å²) in [6.45, 7) is 1.68. The highest BCUT2D eigenvalue weighted by atomic mass is 16.5. The van der Waals surface area contributed by atoms with Crippen molar-refractivity contribution in [2.75, 3.05) is 25.5 Å². The molecule has 0 fully saturated rings. The van der Waals surface area contributed by atoms with Gasteiger partial charge >= 0.3 is 12.0 Å². The number of carboxylic acids is 1. The van der Waals surface area contributed by atoms with Crippen LogP contribution in [0.3, 0.4) is 0 Å². The number of amides is 3. The topological polar surface area (TPSA) is 122 Å². The fourth-order valence-corrected chi connectivity index (χ4v) is 1.65. The van der Waals surface area contributed by atoms with Gasteiger partial charge in [0.1, 0.15) is 12.3 Å². The molecule has 8 heteroatoms. The van der Waals surface area contributed by atoms with E-state index in [4.69, 9.17) is 15.6 Å². The number of benzene rings is 1. The van der Waals surface area contributed by atoms with E-state index >= 15 is 0 Å². The molecule has 0 saturated carbocycles. The fraction of sp³-hybridized carbons (Fsp3) is 0.308. The summed E-state index contributed by atoms with van der Waals surface area (Å²) in [5, 5.41) is 11.6. The van der Waals surface area contributed by atoms with Crippen LogP contribution in [0.25, 0.3) is 0 Å². The van der Waals surface area contributed by atoms with E-state index < -0.39 is 17.9 Å². The first kappa shape index (κ1) is 16.3. The lowest BCUT2D eigenvalue weighted by Crippen LogP contribution is -2.41. The van der Waals surface area contributed by atoms with Gasteiger partial charge in [-0.1, -0.05) is 0 Å². The average molecular weight is 295 g/mol. The number of methoxy groups -OCH3 is 1. The lowest BCUT2D eigenvalue weighted by molar-refractivity contribution is -0.118. The second-order valence-electron chi connectivity index (χ2n) is 4.13. The lowest BCUT2D eigenvalue weighted by atomic mass is 10.1. The molecule has 1 aromatic carbocycles. The predicted octanol–water partition coefficient (Wildman–Crippen LogP) is 0.732. The molecule has 0 aromatic heterocycles. The zero-order valence-electron chi connectivity index (χ0n) is 11.8. The highest BCUT2D eigenvalue weighted by molar-refractivity contribution is 6.01. The van der Waals surface area contributed by atoms with Crippen LogP contribution in [0.15, 0.2) is 18.2 Å². The number of nitrogens with one attached hydrogen (secondary N) is 1. The summed E-state index contributed by atoms with van der Waals surface area (Å²) in [6.07, 6.45) is 0. The lowest BCUT2D eigenvalue weighted by Gasteiger charge is -2.20. The largest absolute Gasteiger partial charge is 0.497 e. The van der Waals surface area contributed by atoms with Crippen molar-refractivity contribution in [2.24, 2.45) is 5.73 Å². The van der Waals surface area contributed by atoms with E-state index in [0.29, 0.717) is 5.75 Å². The molecule has 114 valence electrons. The molecule has 0 aliphatic rings. The number of nitrogens with two attached hydrogens (primary N) is 1. The molecule has 21 heavy (non-hydrogen) atoms. The summed E-state index contributed by atoms with van der Waals surface area (Å²) < 4.78 is 4.94. The minimum Gasteiger partial charge on any atom is -0.497 e. The smallest absolute Gasteiger partial charge is 0.337 e. The monoisotopic (exact) mass is 295 g/mol. The summed E-state index contributed by atoms with van der Waals surface area (Å²) in [7, 11) is 1.41. The van der Waals surface area contributed by atoms with Crippen LogP contribution in [0.1, 0.15) is 17.3 Å². The molecule has 0 atom stereocenters. The van der Waals surface area contributed by atoms with Gasteiger partial charge in [-0.25, -0.2) is 9.59 Å². The minimum atomic E-state index is -1.21. The number of hydrogen-bond donors (Lipinski definition) is 3. The third-order valence-corrected chi connectivity index (χ3v) is 2.71. The molecule has 1 aromatic rings. The SMILES string of the molecule is CCN(CC(N)=O)C(=O)Nc1ccc(OC)cc1C(=O)O. The number of ether oxygens (including phenoxy) is 1. The first-order valence-corrected chi connectivity index (χ1v) is 6.14. The summed E-state index contributed by atoms with van der Waals surface area (Å²) in [5.41, 5.74) is 5.04. The van der Waals surface area contributed by atoms with Crippen LogP contribution in [0, 0.1) is 0 Å². The number of likely N-dealkylation sites (N-methyl/N-ethyl adjacent to an activating group) is 1. The fourth-order valence-electron chi connectivity index (χ4n) is 1.65. The van der Waals surface area contributed by atoms with Crippen LogP contribution in [0.4, 0.5) is 10.5 Å². The quantitative estimate of drug-likeness (QED) is 0.714. The average Bonchev–Trinajstić information content (AvgIpc) is 2.44. The Hall–Kier alpha value is -2.77. The summed E-state index contributed by atoms with van der Waals surface area (Å²) in [5.74, 6) is -1.50. The number of carboxylic acid groups (broad SMARTS) is 1. The Morgan fingerprint density at radius 1 is 1.38 bits per heavy atom. The van der Waals surface area contributed by atoms with Gasteiger partial charge in [0.25, 0.3) is 0 Å². The maximum Gasteiger partial charge on any atom is 0.337 e. The maximum absolute atomic E-state index is 12.0. The van der Waals surface area contributed by atoms with Crippen LogP contribution in [0.2, 0.25) is 0 Å². The number of aromatic carboxylic acids is 1. The molecule has 0 aliphatic carbocycles. The van der Waals surface area contributed by atoms with Crippen LogP contribution < -0.4 is 15.8 Å². The van der Waals surface area contributed by atoms with Gasteiger partial charge in [0, 0.05) is 6.54 Å². The molecule has 0 spiro atoms. The van der Waals surface area contributed by atoms with Crippen molar-refractivity contribution in [3.63, 3.8) is 0 Å². The molecule has 3 amide bonds. The van der Waals surface area contributed by atoms with Crippen molar-refractivity contribution in [1.82, 2.24) is 4.90 Å². The van der Waals surface area contributed by atoms with Gasteiger partial charge in [0.15, 0.2) is 0 Å². The Labute approximate surface area is 121 Å². The van der Waals surface area contributed by atoms with Crippen molar-refractivity contribution in [2.45, 2.75) is 6.92 Å². The maximum atomic E-state index is 12.0. The second-order valence-corrected chi connectivity index (χ2v) is 4.13. The van der Waals surface area contributed by atoms with Gasteiger partial charge in [-0.15, -0.1) is 0 Å². The zero-order chi connectivity index (χ0) is 16.0. The van der Waals surface area contributed by atoms with Gasteiger partial charge in [0.2, 0.25) is 5.91 Å². The van der Waals surface area contributed by atoms with E-state index in [2.05, 4.69) is 5.32 Å². The van der Waals surface area contributed by atoms with E-state index in [-0.39, 0.29) is 24.3 Å². The highest BCUT2D eigenvalue weighted by Crippen LogP contribution is 2.22. The Balaban J connectivity index is 2.98. The number of rotatable bonds is 6. The van der Waals surface area contributed by atoms with Crippen LogP contribution in [-0.2, 0) is 4.79 Å². The van der Waals surface area contributed by atoms with Gasteiger partial charge in [-0.05, 0) is 25.1 Å². The molecule has 8 nitrogen and oxygen atoms in total. The summed E-state index contributed by atoms with van der Waals surface area (Å²) in [4.78, 5) is 35.2. The van der Waals surface area contributed by atoms with Crippen LogP contribution in [-0.4, -0.2) is 48.1 Å². The normalized spacial score (nSPS) is 9.81. The molecule has 0 aliphatic heterocycles. The second kappa shape index (κ2) is 7.13. The first-order valence-electron chi connectivity index (χ1n) is 6.14. The molecule has 0 heterocycles. The predicted molar refractivity (Wildman–Crippen MR) is 75.4 cm³/mol. The van der Waals surface area contributed by atoms with E-state index in [1.165, 1.54) is 25.3 Å². The third kappa shape index (κ3) is 4.37. The first-order chi connectivity index (χ1) is 9.88. The number of primary amides is 1. The van der Waals surface area contributed by atoms with Gasteiger partial charge in [-0.2, -0.15) is 0 Å². The Kier molecular flexibility index (Phi) is 5.53. The van der Waals surface area contributed by atoms with Crippen molar-refractivity contribution < 1.29 is 24.2 Å². The van der Waals surface area contributed by atoms with Crippen LogP contribution >= 0.6 is 0 Å². The van der Waals surface area contributed by atoms with Gasteiger partial charge in [-0.3, -0.25) is 4.79 Å². The van der Waals surface area contributed by atoms with Gasteiger partial charge in [0.05, 0.1) is 18.4 Å². The molecule has 0 unspecified atom stereocenters. The number of nitrogens with zero attached hydrogens (tertiary/aromatic N) is 1. The van der Waals surface area contributed by atoms with E-state index in [1.807, 2.05) is 0 Å². The van der Waals surface area contributed by atoms with Crippen molar-refractivity contribution >= 4 is 23.6 Å². The summed E-state index contributed by atoms with van der Waals surface area (Å²) in [6, 6.07) is 3.62. The molecular formula is C13H17N3O5. The molecular weight excluding hydrogens is 278 g/mol. The standard InChI is InChI=1S/C13H17N3O5/c1-3-16(7-11(14)17)13(20)15-10-5-4-8(21-2)6-9(10)12(18)19/h4-6H,3,7H2,1-2H3,(H2,14,17)(H,15,20)(H,18,19). The minimum absolute atomic E-state index is 0.108. The number of hydrogen-bond acceptors (Lipinski definition) is 4. The van der Waals surface area contributed by atoms with Crippen LogP contribution in [0.5, 0.6) is 5.75 Å². The van der Waals surface area contributed by atoms with E-state index in [1.54, 1.807) is 6.92 Å². The number of carbonyl (C=O) groups excluding carboxylic acids is 2.